The number of carbonyl (C=O) groups is 3. The molecule has 3 aromatic rings. The summed E-state index contributed by atoms with van der Waals surface area (Å²) in [5.41, 5.74) is 7.12. The van der Waals surface area contributed by atoms with Crippen LogP contribution in [0.2, 0.25) is 5.02 Å². The van der Waals surface area contributed by atoms with Crippen LogP contribution in [0.25, 0.3) is 11.1 Å². The lowest BCUT2D eigenvalue weighted by molar-refractivity contribution is -0.142. The summed E-state index contributed by atoms with van der Waals surface area (Å²) in [6.07, 6.45) is 1.94. The molecule has 10 heteroatoms. The molecule has 0 saturated carbocycles. The van der Waals surface area contributed by atoms with Crippen LogP contribution < -0.4 is 11.1 Å². The van der Waals surface area contributed by atoms with Crippen LogP contribution in [0.5, 0.6) is 0 Å². The standard InChI is InChI=1S/C26H27ClFN3O5/c1-15-13-31-25(36-15)23(32)10-17(9-19(26(34)35)14-30-24(33)12-29)8-16-2-4-18(5-3-16)21-11-20(27)6-7-22(21)28/h2-7,11,13,17,19H,8-10,12,14,29H2,1H3,(H,30,33)(H,34,35)/t17-,19+/m1/s1. The summed E-state index contributed by atoms with van der Waals surface area (Å²) >= 11 is 6.00. The number of rotatable bonds is 12. The number of aromatic nitrogens is 1. The average molecular weight is 516 g/mol. The fraction of sp³-hybridized carbons (Fsp3) is 0.308. The fourth-order valence-corrected chi connectivity index (χ4v) is 4.10. The van der Waals surface area contributed by atoms with Crippen molar-refractivity contribution in [3.8, 4) is 11.1 Å². The van der Waals surface area contributed by atoms with Gasteiger partial charge < -0.3 is 20.6 Å². The van der Waals surface area contributed by atoms with Crippen molar-refractivity contribution in [1.29, 1.82) is 0 Å². The molecule has 0 radical (unpaired) electrons. The van der Waals surface area contributed by atoms with Crippen LogP contribution in [0.3, 0.4) is 0 Å². The van der Waals surface area contributed by atoms with Gasteiger partial charge in [0.2, 0.25) is 11.7 Å². The number of Topliss-reactive ketones (excluding diaryl/α,β-unsaturated/α-hetero) is 1. The number of amides is 1. The quantitative estimate of drug-likeness (QED) is 0.310. The molecule has 190 valence electrons. The van der Waals surface area contributed by atoms with Crippen LogP contribution >= 0.6 is 11.6 Å². The summed E-state index contributed by atoms with van der Waals surface area (Å²) in [7, 11) is 0. The maximum atomic E-state index is 14.2. The molecule has 3 rings (SSSR count). The first-order valence-electron chi connectivity index (χ1n) is 11.4. The number of aliphatic carboxylic acids is 1. The van der Waals surface area contributed by atoms with E-state index in [1.54, 1.807) is 37.3 Å². The Bertz CT molecular complexity index is 1230. The van der Waals surface area contributed by atoms with Gasteiger partial charge in [-0.25, -0.2) is 9.37 Å². The average Bonchev–Trinajstić information content (AvgIpc) is 3.29. The Morgan fingerprint density at radius 2 is 1.92 bits per heavy atom. The number of nitrogens with zero attached hydrogens (tertiary/aromatic N) is 1. The zero-order chi connectivity index (χ0) is 26.2. The monoisotopic (exact) mass is 515 g/mol. The van der Waals surface area contributed by atoms with E-state index in [0.29, 0.717) is 28.3 Å². The van der Waals surface area contributed by atoms with Gasteiger partial charge in [-0.05, 0) is 55.0 Å². The van der Waals surface area contributed by atoms with Crippen molar-refractivity contribution >= 4 is 29.3 Å². The first-order valence-corrected chi connectivity index (χ1v) is 11.7. The van der Waals surface area contributed by atoms with Gasteiger partial charge in [0.05, 0.1) is 18.7 Å². The molecule has 0 aliphatic carbocycles. The van der Waals surface area contributed by atoms with Gasteiger partial charge in [-0.15, -0.1) is 0 Å². The molecule has 0 aliphatic rings. The Morgan fingerprint density at radius 3 is 2.53 bits per heavy atom. The Labute approximate surface area is 212 Å². The predicted molar refractivity (Wildman–Crippen MR) is 132 cm³/mol. The van der Waals surface area contributed by atoms with Gasteiger partial charge in [-0.2, -0.15) is 0 Å². The molecule has 1 amide bonds. The first kappa shape index (κ1) is 27.0. The van der Waals surface area contributed by atoms with Crippen LogP contribution in [0.15, 0.2) is 53.1 Å². The molecule has 0 aliphatic heterocycles. The van der Waals surface area contributed by atoms with E-state index in [2.05, 4.69) is 10.3 Å². The third-order valence-electron chi connectivity index (χ3n) is 5.75. The molecule has 1 heterocycles. The number of carboxylic acids is 1. The highest BCUT2D eigenvalue weighted by Crippen LogP contribution is 2.28. The van der Waals surface area contributed by atoms with Gasteiger partial charge in [0, 0.05) is 23.6 Å². The predicted octanol–water partition coefficient (Wildman–Crippen LogP) is 4.04. The molecule has 1 aromatic heterocycles. The minimum Gasteiger partial charge on any atom is -0.481 e. The second-order valence-electron chi connectivity index (χ2n) is 8.57. The summed E-state index contributed by atoms with van der Waals surface area (Å²) in [5.74, 6) is -3.17. The van der Waals surface area contributed by atoms with E-state index in [4.69, 9.17) is 21.8 Å². The number of benzene rings is 2. The SMILES string of the molecule is Cc1cnc(C(=O)C[C@H](Cc2ccc(-c3cc(Cl)ccc3F)cc2)C[C@@H](CNC(=O)CN)C(=O)O)o1. The maximum Gasteiger partial charge on any atom is 0.308 e. The molecular formula is C26H27ClFN3O5. The van der Waals surface area contributed by atoms with Crippen LogP contribution in [-0.2, 0) is 16.0 Å². The molecule has 0 spiro atoms. The number of carboxylic acid groups (broad SMARTS) is 1. The Kier molecular flexibility index (Phi) is 9.32. The molecule has 8 nitrogen and oxygen atoms in total. The molecule has 2 aromatic carbocycles. The largest absolute Gasteiger partial charge is 0.481 e. The molecule has 0 saturated heterocycles. The molecule has 4 N–H and O–H groups in total. The number of hydrogen-bond acceptors (Lipinski definition) is 6. The van der Waals surface area contributed by atoms with Crippen molar-refractivity contribution in [3.05, 3.63) is 76.7 Å². The smallest absolute Gasteiger partial charge is 0.308 e. The van der Waals surface area contributed by atoms with Crippen molar-refractivity contribution < 1.29 is 28.3 Å². The van der Waals surface area contributed by atoms with E-state index in [1.165, 1.54) is 18.3 Å². The lowest BCUT2D eigenvalue weighted by atomic mass is 9.85. The van der Waals surface area contributed by atoms with Crippen molar-refractivity contribution in [2.24, 2.45) is 17.6 Å². The first-order chi connectivity index (χ1) is 17.2. The van der Waals surface area contributed by atoms with Crippen molar-refractivity contribution in [2.45, 2.75) is 26.2 Å². The second kappa shape index (κ2) is 12.4. The van der Waals surface area contributed by atoms with Crippen LogP contribution in [0, 0.1) is 24.6 Å². The summed E-state index contributed by atoms with van der Waals surface area (Å²) in [6, 6.07) is 11.4. The molecule has 36 heavy (non-hydrogen) atoms. The minimum absolute atomic E-state index is 0.000753. The number of carbonyl (C=O) groups excluding carboxylic acids is 2. The van der Waals surface area contributed by atoms with Gasteiger partial charge in [0.25, 0.3) is 5.89 Å². The van der Waals surface area contributed by atoms with Crippen LogP contribution in [0.1, 0.15) is 34.9 Å². The lowest BCUT2D eigenvalue weighted by Crippen LogP contribution is -2.37. The zero-order valence-corrected chi connectivity index (χ0v) is 20.4. The van der Waals surface area contributed by atoms with Crippen molar-refractivity contribution in [1.82, 2.24) is 10.3 Å². The minimum atomic E-state index is -1.09. The third-order valence-corrected chi connectivity index (χ3v) is 5.98. The molecular weight excluding hydrogens is 489 g/mol. The normalized spacial score (nSPS) is 12.7. The van der Waals surface area contributed by atoms with Crippen LogP contribution in [-0.4, -0.2) is 40.8 Å². The Hall–Kier alpha value is -3.56. The number of aryl methyl sites for hydroxylation is 1. The molecule has 0 unspecified atom stereocenters. The topological polar surface area (TPSA) is 136 Å². The van der Waals surface area contributed by atoms with Crippen molar-refractivity contribution in [3.63, 3.8) is 0 Å². The fourth-order valence-electron chi connectivity index (χ4n) is 3.93. The van der Waals surface area contributed by atoms with Gasteiger partial charge >= 0.3 is 5.97 Å². The van der Waals surface area contributed by atoms with E-state index in [1.807, 2.05) is 0 Å². The highest BCUT2D eigenvalue weighted by molar-refractivity contribution is 6.30. The summed E-state index contributed by atoms with van der Waals surface area (Å²) in [5, 5.41) is 12.6. The van der Waals surface area contributed by atoms with E-state index >= 15 is 0 Å². The molecule has 0 bridgehead atoms. The van der Waals surface area contributed by atoms with E-state index < -0.39 is 29.5 Å². The van der Waals surface area contributed by atoms with Gasteiger partial charge in [0.1, 0.15) is 11.6 Å². The zero-order valence-electron chi connectivity index (χ0n) is 19.7. The Morgan fingerprint density at radius 1 is 1.19 bits per heavy atom. The number of oxazole rings is 1. The highest BCUT2D eigenvalue weighted by Gasteiger charge is 2.27. The van der Waals surface area contributed by atoms with Crippen molar-refractivity contribution in [2.75, 3.05) is 13.1 Å². The summed E-state index contributed by atoms with van der Waals surface area (Å²) in [4.78, 5) is 40.2. The number of nitrogens with one attached hydrogen (secondary N) is 1. The number of halogens is 2. The second-order valence-corrected chi connectivity index (χ2v) is 9.01. The van der Waals surface area contributed by atoms with Gasteiger partial charge in [-0.1, -0.05) is 35.9 Å². The van der Waals surface area contributed by atoms with Gasteiger partial charge in [0.15, 0.2) is 0 Å². The van der Waals surface area contributed by atoms with E-state index in [0.717, 1.165) is 5.56 Å². The lowest BCUT2D eigenvalue weighted by Gasteiger charge is -2.21. The van der Waals surface area contributed by atoms with Gasteiger partial charge in [-0.3, -0.25) is 14.4 Å². The van der Waals surface area contributed by atoms with E-state index in [9.17, 15) is 23.9 Å². The molecule has 2 atom stereocenters. The maximum absolute atomic E-state index is 14.2. The highest BCUT2D eigenvalue weighted by atomic mass is 35.5. The summed E-state index contributed by atoms with van der Waals surface area (Å²) in [6.45, 7) is 1.31. The Balaban J connectivity index is 1.80. The molecule has 0 fully saturated rings. The third kappa shape index (κ3) is 7.47. The summed E-state index contributed by atoms with van der Waals surface area (Å²) < 4.78 is 19.6. The number of ketones is 1. The number of nitrogens with two attached hydrogens (primary N) is 1. The van der Waals surface area contributed by atoms with E-state index in [-0.39, 0.29) is 37.6 Å². The number of hydrogen-bond donors (Lipinski definition) is 3. The van der Waals surface area contributed by atoms with Crippen LogP contribution in [0.4, 0.5) is 4.39 Å².